The highest BCUT2D eigenvalue weighted by molar-refractivity contribution is 6.22. The van der Waals surface area contributed by atoms with Gasteiger partial charge in [-0.3, -0.25) is 19.3 Å². The Morgan fingerprint density at radius 2 is 1.70 bits per heavy atom. The standard InChI is InChI=1S/C18H22N2O3/c1-11-7-3-6-10-15(11)19-16(21)12(2)20-17(22)13-8-4-5-9-14(13)18(20)23/h4-5,8-9,11-12,15H,3,6-7,10H2,1-2H3,(H,19,21)/t11-,12+,15-/m1/s1. The second-order valence-corrected chi connectivity index (χ2v) is 6.58. The lowest BCUT2D eigenvalue weighted by atomic mass is 9.86. The highest BCUT2D eigenvalue weighted by Gasteiger charge is 2.41. The fourth-order valence-electron chi connectivity index (χ4n) is 3.51. The van der Waals surface area contributed by atoms with Crippen LogP contribution in [0.5, 0.6) is 0 Å². The quantitative estimate of drug-likeness (QED) is 0.871. The zero-order valence-corrected chi connectivity index (χ0v) is 13.5. The van der Waals surface area contributed by atoms with Gasteiger partial charge in [0.1, 0.15) is 6.04 Å². The largest absolute Gasteiger partial charge is 0.351 e. The first-order valence-electron chi connectivity index (χ1n) is 8.28. The van der Waals surface area contributed by atoms with E-state index < -0.39 is 6.04 Å². The van der Waals surface area contributed by atoms with E-state index in [9.17, 15) is 14.4 Å². The summed E-state index contributed by atoms with van der Waals surface area (Å²) >= 11 is 0. The molecular formula is C18H22N2O3. The number of nitrogens with zero attached hydrogens (tertiary/aromatic N) is 1. The first-order chi connectivity index (χ1) is 11.0. The van der Waals surface area contributed by atoms with Crippen molar-refractivity contribution < 1.29 is 14.4 Å². The van der Waals surface area contributed by atoms with E-state index in [0.29, 0.717) is 17.0 Å². The number of benzene rings is 1. The average molecular weight is 314 g/mol. The third-order valence-electron chi connectivity index (χ3n) is 5.03. The van der Waals surface area contributed by atoms with E-state index in [0.717, 1.165) is 24.2 Å². The SMILES string of the molecule is C[C@@H]1CCCC[C@H]1NC(=O)[C@H](C)N1C(=O)c2ccccc2C1=O. The molecule has 1 aliphatic carbocycles. The first kappa shape index (κ1) is 15.7. The normalized spacial score (nSPS) is 25.2. The van der Waals surface area contributed by atoms with E-state index >= 15 is 0 Å². The summed E-state index contributed by atoms with van der Waals surface area (Å²) in [4.78, 5) is 38.5. The summed E-state index contributed by atoms with van der Waals surface area (Å²) in [6.45, 7) is 3.75. The Morgan fingerprint density at radius 1 is 1.13 bits per heavy atom. The van der Waals surface area contributed by atoms with Crippen LogP contribution < -0.4 is 5.32 Å². The third-order valence-corrected chi connectivity index (χ3v) is 5.03. The van der Waals surface area contributed by atoms with Crippen LogP contribution in [-0.4, -0.2) is 34.7 Å². The summed E-state index contributed by atoms with van der Waals surface area (Å²) in [7, 11) is 0. The molecule has 5 nitrogen and oxygen atoms in total. The molecule has 2 aliphatic rings. The maximum Gasteiger partial charge on any atom is 0.262 e. The van der Waals surface area contributed by atoms with E-state index in [-0.39, 0.29) is 23.8 Å². The number of amides is 3. The number of carbonyl (C=O) groups excluding carboxylic acids is 3. The van der Waals surface area contributed by atoms with Crippen molar-refractivity contribution in [3.05, 3.63) is 35.4 Å². The summed E-state index contributed by atoms with van der Waals surface area (Å²) < 4.78 is 0. The Kier molecular flexibility index (Phi) is 4.20. The van der Waals surface area contributed by atoms with Gasteiger partial charge >= 0.3 is 0 Å². The molecule has 1 heterocycles. The number of hydrogen-bond donors (Lipinski definition) is 1. The Hall–Kier alpha value is -2.17. The molecule has 0 spiro atoms. The molecule has 1 aliphatic heterocycles. The summed E-state index contributed by atoms with van der Waals surface area (Å²) in [6, 6.07) is 6.04. The first-order valence-corrected chi connectivity index (χ1v) is 8.28. The van der Waals surface area contributed by atoms with Gasteiger partial charge in [0.25, 0.3) is 11.8 Å². The van der Waals surface area contributed by atoms with Crippen molar-refractivity contribution in [1.29, 1.82) is 0 Å². The summed E-state index contributed by atoms with van der Waals surface area (Å²) in [5, 5.41) is 3.03. The molecule has 0 unspecified atom stereocenters. The predicted molar refractivity (Wildman–Crippen MR) is 86.0 cm³/mol. The number of imide groups is 1. The molecule has 0 aromatic heterocycles. The molecule has 1 saturated carbocycles. The van der Waals surface area contributed by atoms with Crippen LogP contribution in [0.25, 0.3) is 0 Å². The summed E-state index contributed by atoms with van der Waals surface area (Å²) in [5.41, 5.74) is 0.756. The van der Waals surface area contributed by atoms with Gasteiger partial charge < -0.3 is 5.32 Å². The van der Waals surface area contributed by atoms with Crippen molar-refractivity contribution in [2.75, 3.05) is 0 Å². The number of nitrogens with one attached hydrogen (secondary N) is 1. The van der Waals surface area contributed by atoms with Gasteiger partial charge in [0.05, 0.1) is 11.1 Å². The fraction of sp³-hybridized carbons (Fsp3) is 0.500. The number of carbonyl (C=O) groups is 3. The zero-order valence-electron chi connectivity index (χ0n) is 13.5. The Bertz CT molecular complexity index is 620. The molecule has 0 saturated heterocycles. The van der Waals surface area contributed by atoms with Crippen LogP contribution in [0.4, 0.5) is 0 Å². The number of fused-ring (bicyclic) bond motifs is 1. The van der Waals surface area contributed by atoms with Crippen LogP contribution in [0, 0.1) is 5.92 Å². The molecule has 1 aromatic rings. The van der Waals surface area contributed by atoms with Crippen LogP contribution in [0.1, 0.15) is 60.2 Å². The molecule has 1 aromatic carbocycles. The fourth-order valence-corrected chi connectivity index (χ4v) is 3.51. The Balaban J connectivity index is 1.73. The van der Waals surface area contributed by atoms with Gasteiger partial charge in [0.2, 0.25) is 5.91 Å². The van der Waals surface area contributed by atoms with Gasteiger partial charge in [-0.1, -0.05) is 31.9 Å². The molecule has 3 atom stereocenters. The monoisotopic (exact) mass is 314 g/mol. The highest BCUT2D eigenvalue weighted by Crippen LogP contribution is 2.26. The molecule has 122 valence electrons. The second-order valence-electron chi connectivity index (χ2n) is 6.58. The third kappa shape index (κ3) is 2.76. The summed E-state index contributed by atoms with van der Waals surface area (Å²) in [5.74, 6) is -0.588. The van der Waals surface area contributed by atoms with E-state index in [1.807, 2.05) is 0 Å². The van der Waals surface area contributed by atoms with Gasteiger partial charge in [-0.15, -0.1) is 0 Å². The van der Waals surface area contributed by atoms with E-state index in [2.05, 4.69) is 12.2 Å². The smallest absolute Gasteiger partial charge is 0.262 e. The number of hydrogen-bond acceptors (Lipinski definition) is 3. The lowest BCUT2D eigenvalue weighted by Crippen LogP contribution is -2.52. The van der Waals surface area contributed by atoms with Gasteiger partial charge in [0, 0.05) is 6.04 Å². The minimum absolute atomic E-state index is 0.133. The van der Waals surface area contributed by atoms with Gasteiger partial charge in [-0.2, -0.15) is 0 Å². The van der Waals surface area contributed by atoms with E-state index in [1.54, 1.807) is 31.2 Å². The van der Waals surface area contributed by atoms with Crippen molar-refractivity contribution in [3.63, 3.8) is 0 Å². The van der Waals surface area contributed by atoms with Crippen molar-refractivity contribution in [2.45, 2.75) is 51.6 Å². The molecule has 1 fully saturated rings. The van der Waals surface area contributed by atoms with Crippen LogP contribution in [0.3, 0.4) is 0 Å². The molecule has 5 heteroatoms. The second kappa shape index (κ2) is 6.14. The summed E-state index contributed by atoms with van der Waals surface area (Å²) in [6.07, 6.45) is 4.37. The zero-order chi connectivity index (χ0) is 16.6. The molecule has 0 radical (unpaired) electrons. The van der Waals surface area contributed by atoms with Gasteiger partial charge in [0.15, 0.2) is 0 Å². The number of rotatable bonds is 3. The molecule has 23 heavy (non-hydrogen) atoms. The molecule has 3 rings (SSSR count). The Labute approximate surface area is 136 Å². The maximum atomic E-state index is 12.5. The van der Waals surface area contributed by atoms with Crippen LogP contribution >= 0.6 is 0 Å². The van der Waals surface area contributed by atoms with Crippen molar-refractivity contribution >= 4 is 17.7 Å². The van der Waals surface area contributed by atoms with Crippen molar-refractivity contribution in [2.24, 2.45) is 5.92 Å². The van der Waals surface area contributed by atoms with Gasteiger partial charge in [-0.25, -0.2) is 0 Å². The van der Waals surface area contributed by atoms with E-state index in [4.69, 9.17) is 0 Å². The average Bonchev–Trinajstić information content (AvgIpc) is 2.81. The van der Waals surface area contributed by atoms with Crippen molar-refractivity contribution in [3.8, 4) is 0 Å². The minimum atomic E-state index is -0.795. The maximum absolute atomic E-state index is 12.5. The van der Waals surface area contributed by atoms with E-state index in [1.165, 1.54) is 6.42 Å². The van der Waals surface area contributed by atoms with Crippen LogP contribution in [-0.2, 0) is 4.79 Å². The molecular weight excluding hydrogens is 292 g/mol. The van der Waals surface area contributed by atoms with Crippen molar-refractivity contribution in [1.82, 2.24) is 10.2 Å². The van der Waals surface area contributed by atoms with Crippen LogP contribution in [0.15, 0.2) is 24.3 Å². The lowest BCUT2D eigenvalue weighted by molar-refractivity contribution is -0.125. The topological polar surface area (TPSA) is 66.5 Å². The molecule has 1 N–H and O–H groups in total. The highest BCUT2D eigenvalue weighted by atomic mass is 16.2. The van der Waals surface area contributed by atoms with Crippen LogP contribution in [0.2, 0.25) is 0 Å². The molecule has 3 amide bonds. The molecule has 0 bridgehead atoms. The Morgan fingerprint density at radius 3 is 2.26 bits per heavy atom. The lowest BCUT2D eigenvalue weighted by Gasteiger charge is -2.31. The minimum Gasteiger partial charge on any atom is -0.351 e. The van der Waals surface area contributed by atoms with Gasteiger partial charge in [-0.05, 0) is 37.8 Å². The predicted octanol–water partition coefficient (Wildman–Crippen LogP) is 2.37.